The molecule has 0 bridgehead atoms. The SMILES string of the molecule is CO[Si](OC)(OC)c1c(C)cc(C)c(Br)c1C. The first-order valence-corrected chi connectivity index (χ1v) is 7.87. The predicted octanol–water partition coefficient (Wildman–Crippen LogP) is 2.46. The van der Waals surface area contributed by atoms with E-state index in [0.29, 0.717) is 0 Å². The van der Waals surface area contributed by atoms with Gasteiger partial charge in [-0.2, -0.15) is 0 Å². The van der Waals surface area contributed by atoms with E-state index in [1.165, 1.54) is 5.56 Å². The minimum absolute atomic E-state index is 1.04. The van der Waals surface area contributed by atoms with E-state index in [4.69, 9.17) is 13.3 Å². The molecule has 5 heteroatoms. The molecule has 3 nitrogen and oxygen atoms in total. The van der Waals surface area contributed by atoms with Crippen LogP contribution >= 0.6 is 15.9 Å². The molecule has 0 unspecified atom stereocenters. The van der Waals surface area contributed by atoms with Crippen LogP contribution in [-0.4, -0.2) is 30.1 Å². The monoisotopic (exact) mass is 318 g/mol. The van der Waals surface area contributed by atoms with Crippen molar-refractivity contribution in [1.29, 1.82) is 0 Å². The third-order valence-electron chi connectivity index (χ3n) is 2.99. The van der Waals surface area contributed by atoms with E-state index in [0.717, 1.165) is 20.8 Å². The van der Waals surface area contributed by atoms with Gasteiger partial charge in [-0.1, -0.05) is 22.0 Å². The predicted molar refractivity (Wildman–Crippen MR) is 74.8 cm³/mol. The van der Waals surface area contributed by atoms with Gasteiger partial charge in [-0.05, 0) is 37.5 Å². The van der Waals surface area contributed by atoms with Crippen molar-refractivity contribution in [1.82, 2.24) is 0 Å². The van der Waals surface area contributed by atoms with E-state index in [1.807, 2.05) is 0 Å². The van der Waals surface area contributed by atoms with Gasteiger partial charge in [-0.25, -0.2) is 0 Å². The van der Waals surface area contributed by atoms with Gasteiger partial charge in [0.05, 0.1) is 0 Å². The standard InChI is InChI=1S/C12H19BrO3Si/c1-8-7-9(2)12(10(3)11(8)13)17(14-4,15-5)16-6/h7H,1-6H3. The lowest BCUT2D eigenvalue weighted by atomic mass is 10.1. The Bertz CT molecular complexity index is 408. The number of rotatable bonds is 4. The van der Waals surface area contributed by atoms with Crippen LogP contribution in [0.1, 0.15) is 16.7 Å². The van der Waals surface area contributed by atoms with Gasteiger partial charge >= 0.3 is 8.80 Å². The molecule has 0 amide bonds. The van der Waals surface area contributed by atoms with E-state index < -0.39 is 8.80 Å². The van der Waals surface area contributed by atoms with Crippen molar-refractivity contribution < 1.29 is 13.3 Å². The zero-order valence-corrected chi connectivity index (χ0v) is 13.8. The lowest BCUT2D eigenvalue weighted by Gasteiger charge is -2.28. The first-order chi connectivity index (χ1) is 7.93. The van der Waals surface area contributed by atoms with Gasteiger partial charge in [-0.15, -0.1) is 0 Å². The maximum atomic E-state index is 5.55. The molecule has 0 atom stereocenters. The first-order valence-electron chi connectivity index (χ1n) is 5.35. The Balaban J connectivity index is 3.54. The van der Waals surface area contributed by atoms with Gasteiger partial charge in [0.25, 0.3) is 0 Å². The molecule has 0 N–H and O–H groups in total. The number of hydrogen-bond donors (Lipinski definition) is 0. The average Bonchev–Trinajstić information content (AvgIpc) is 2.32. The van der Waals surface area contributed by atoms with Crippen molar-refractivity contribution in [3.05, 3.63) is 27.2 Å². The van der Waals surface area contributed by atoms with Crippen LogP contribution in [0.4, 0.5) is 0 Å². The highest BCUT2D eigenvalue weighted by Crippen LogP contribution is 2.24. The van der Waals surface area contributed by atoms with Crippen LogP contribution in [0.3, 0.4) is 0 Å². The summed E-state index contributed by atoms with van der Waals surface area (Å²) in [5.41, 5.74) is 3.47. The van der Waals surface area contributed by atoms with E-state index in [2.05, 4.69) is 42.8 Å². The molecule has 0 saturated carbocycles. The van der Waals surface area contributed by atoms with Crippen LogP contribution in [0.25, 0.3) is 0 Å². The third kappa shape index (κ3) is 2.48. The number of halogens is 1. The maximum absolute atomic E-state index is 5.55. The summed E-state index contributed by atoms with van der Waals surface area (Å²) in [6, 6.07) is 2.12. The summed E-state index contributed by atoms with van der Waals surface area (Å²) in [6.07, 6.45) is 0. The molecule has 1 aromatic carbocycles. The van der Waals surface area contributed by atoms with Gasteiger partial charge in [0, 0.05) is 31.0 Å². The lowest BCUT2D eigenvalue weighted by molar-refractivity contribution is 0.140. The fraction of sp³-hybridized carbons (Fsp3) is 0.500. The number of hydrogen-bond acceptors (Lipinski definition) is 3. The maximum Gasteiger partial charge on any atom is 0.536 e. The summed E-state index contributed by atoms with van der Waals surface area (Å²) < 4.78 is 17.7. The van der Waals surface area contributed by atoms with E-state index >= 15 is 0 Å². The summed E-state index contributed by atoms with van der Waals surface area (Å²) in [7, 11) is 2.13. The van der Waals surface area contributed by atoms with Crippen LogP contribution in [0.2, 0.25) is 0 Å². The minimum Gasteiger partial charge on any atom is -0.373 e. The Morgan fingerprint density at radius 1 is 0.941 bits per heavy atom. The van der Waals surface area contributed by atoms with Crippen molar-refractivity contribution in [2.75, 3.05) is 21.3 Å². The fourth-order valence-corrected chi connectivity index (χ4v) is 4.94. The van der Waals surface area contributed by atoms with E-state index in [9.17, 15) is 0 Å². The van der Waals surface area contributed by atoms with Gasteiger partial charge < -0.3 is 13.3 Å². The lowest BCUT2D eigenvalue weighted by Crippen LogP contribution is -2.56. The zero-order valence-electron chi connectivity index (χ0n) is 11.2. The zero-order chi connectivity index (χ0) is 13.2. The molecule has 0 saturated heterocycles. The number of benzene rings is 1. The normalized spacial score (nSPS) is 11.9. The molecule has 17 heavy (non-hydrogen) atoms. The topological polar surface area (TPSA) is 27.7 Å². The Morgan fingerprint density at radius 2 is 1.41 bits per heavy atom. The highest BCUT2D eigenvalue weighted by atomic mass is 79.9. The van der Waals surface area contributed by atoms with Crippen LogP contribution in [0.15, 0.2) is 10.5 Å². The van der Waals surface area contributed by atoms with Crippen LogP contribution in [0.5, 0.6) is 0 Å². The molecular formula is C12H19BrO3Si. The average molecular weight is 319 g/mol. The molecule has 0 radical (unpaired) electrons. The smallest absolute Gasteiger partial charge is 0.373 e. The first kappa shape index (κ1) is 14.9. The van der Waals surface area contributed by atoms with Gasteiger partial charge in [0.2, 0.25) is 0 Å². The van der Waals surface area contributed by atoms with Gasteiger partial charge in [0.15, 0.2) is 0 Å². The van der Waals surface area contributed by atoms with Gasteiger partial charge in [0.1, 0.15) is 0 Å². The Kier molecular flexibility index (Phi) is 4.92. The highest BCUT2D eigenvalue weighted by molar-refractivity contribution is 9.10. The van der Waals surface area contributed by atoms with E-state index in [1.54, 1.807) is 21.3 Å². The second-order valence-electron chi connectivity index (χ2n) is 3.99. The van der Waals surface area contributed by atoms with Crippen LogP contribution in [0, 0.1) is 20.8 Å². The van der Waals surface area contributed by atoms with Crippen molar-refractivity contribution in [2.45, 2.75) is 20.8 Å². The molecule has 0 aliphatic heterocycles. The summed E-state index contributed by atoms with van der Waals surface area (Å²) in [6.45, 7) is 6.18. The Morgan fingerprint density at radius 3 is 1.82 bits per heavy atom. The molecular weight excluding hydrogens is 300 g/mol. The second-order valence-corrected chi connectivity index (χ2v) is 7.62. The minimum atomic E-state index is -2.77. The summed E-state index contributed by atoms with van der Waals surface area (Å²) in [4.78, 5) is 0. The molecule has 0 fully saturated rings. The number of aryl methyl sites for hydroxylation is 2. The molecule has 96 valence electrons. The molecule has 0 aliphatic rings. The van der Waals surface area contributed by atoms with Crippen molar-refractivity contribution in [3.8, 4) is 0 Å². The summed E-state index contributed by atoms with van der Waals surface area (Å²) in [5, 5.41) is 1.04. The van der Waals surface area contributed by atoms with Crippen molar-refractivity contribution in [3.63, 3.8) is 0 Å². The second kappa shape index (κ2) is 5.62. The van der Waals surface area contributed by atoms with Crippen molar-refractivity contribution >= 4 is 29.9 Å². The van der Waals surface area contributed by atoms with Crippen molar-refractivity contribution in [2.24, 2.45) is 0 Å². The quantitative estimate of drug-likeness (QED) is 0.798. The molecule has 0 spiro atoms. The summed E-state index contributed by atoms with van der Waals surface area (Å²) in [5.74, 6) is 0. The van der Waals surface area contributed by atoms with Crippen LogP contribution < -0.4 is 5.19 Å². The fourth-order valence-electron chi connectivity index (χ4n) is 2.19. The highest BCUT2D eigenvalue weighted by Gasteiger charge is 2.43. The Labute approximate surface area is 113 Å². The van der Waals surface area contributed by atoms with Gasteiger partial charge in [-0.3, -0.25) is 0 Å². The molecule has 1 aromatic rings. The molecule has 0 heterocycles. The third-order valence-corrected chi connectivity index (χ3v) is 7.20. The van der Waals surface area contributed by atoms with E-state index in [-0.39, 0.29) is 0 Å². The molecule has 0 aliphatic carbocycles. The van der Waals surface area contributed by atoms with Crippen LogP contribution in [-0.2, 0) is 13.3 Å². The summed E-state index contributed by atoms with van der Waals surface area (Å²) >= 11 is 3.60. The Hall–Kier alpha value is -0.203. The molecule has 1 rings (SSSR count). The largest absolute Gasteiger partial charge is 0.536 e. The molecule has 0 aromatic heterocycles.